The van der Waals surface area contributed by atoms with Crippen molar-refractivity contribution >= 4 is 10.2 Å². The summed E-state index contributed by atoms with van der Waals surface area (Å²) in [5.41, 5.74) is 0.933. The fraction of sp³-hybridized carbons (Fsp3) is 0.462. The van der Waals surface area contributed by atoms with Crippen LogP contribution in [0.2, 0.25) is 0 Å². The Hall–Kier alpha value is -1.42. The smallest absolute Gasteiger partial charge is 0.198 e. The van der Waals surface area contributed by atoms with Crippen LogP contribution < -0.4 is 0 Å². The van der Waals surface area contributed by atoms with Crippen LogP contribution in [0.5, 0.6) is 0 Å². The van der Waals surface area contributed by atoms with Crippen molar-refractivity contribution in [3.63, 3.8) is 0 Å². The molecule has 0 bridgehead atoms. The van der Waals surface area contributed by atoms with E-state index in [1.54, 1.807) is 7.05 Å². The molecule has 19 heavy (non-hydrogen) atoms. The van der Waals surface area contributed by atoms with Crippen molar-refractivity contribution in [1.29, 1.82) is 5.26 Å². The molecule has 0 radical (unpaired) electrons. The van der Waals surface area contributed by atoms with Crippen LogP contribution in [0.25, 0.3) is 0 Å². The highest BCUT2D eigenvalue weighted by molar-refractivity contribution is 7.86. The Morgan fingerprint density at radius 1 is 1.26 bits per heavy atom. The van der Waals surface area contributed by atoms with Gasteiger partial charge in [-0.2, -0.15) is 22.3 Å². The Morgan fingerprint density at radius 3 is 2.37 bits per heavy atom. The zero-order valence-electron chi connectivity index (χ0n) is 11.4. The summed E-state index contributed by atoms with van der Waals surface area (Å²) in [5, 5.41) is 8.52. The average molecular weight is 281 g/mol. The fourth-order valence-corrected chi connectivity index (χ4v) is 2.97. The van der Waals surface area contributed by atoms with Crippen LogP contribution >= 0.6 is 0 Å². The van der Waals surface area contributed by atoms with E-state index in [2.05, 4.69) is 0 Å². The van der Waals surface area contributed by atoms with E-state index in [0.717, 1.165) is 5.56 Å². The maximum atomic E-state index is 12.3. The Balaban J connectivity index is 2.87. The molecule has 6 heteroatoms. The first-order chi connectivity index (χ1) is 8.91. The van der Waals surface area contributed by atoms with Gasteiger partial charge in [-0.1, -0.05) is 30.3 Å². The van der Waals surface area contributed by atoms with Crippen LogP contribution in [0.15, 0.2) is 30.3 Å². The summed E-state index contributed by atoms with van der Waals surface area (Å²) >= 11 is 0. The van der Waals surface area contributed by atoms with Gasteiger partial charge in [-0.05, 0) is 12.5 Å². The summed E-state index contributed by atoms with van der Waals surface area (Å²) in [6.45, 7) is 2.04. The first-order valence-electron chi connectivity index (χ1n) is 6.02. The number of hydrogen-bond acceptors (Lipinski definition) is 3. The number of hydrogen-bond donors (Lipinski definition) is 0. The number of nitrogens with zero attached hydrogens (tertiary/aromatic N) is 3. The lowest BCUT2D eigenvalue weighted by atomic mass is 10.1. The molecule has 1 atom stereocenters. The van der Waals surface area contributed by atoms with E-state index in [0.29, 0.717) is 0 Å². The molecule has 0 aliphatic heterocycles. The molecule has 0 saturated carbocycles. The zero-order valence-corrected chi connectivity index (χ0v) is 12.3. The van der Waals surface area contributed by atoms with E-state index in [1.807, 2.05) is 43.3 Å². The van der Waals surface area contributed by atoms with Crippen LogP contribution in [0.4, 0.5) is 0 Å². The molecule has 0 aromatic heterocycles. The van der Waals surface area contributed by atoms with Crippen molar-refractivity contribution in [2.24, 2.45) is 0 Å². The molecule has 1 aromatic carbocycles. The van der Waals surface area contributed by atoms with Crippen molar-refractivity contribution in [1.82, 2.24) is 8.61 Å². The summed E-state index contributed by atoms with van der Waals surface area (Å²) in [6.07, 6.45) is 0.184. The second-order valence-corrected chi connectivity index (χ2v) is 6.44. The predicted molar refractivity (Wildman–Crippen MR) is 74.4 cm³/mol. The third kappa shape index (κ3) is 3.77. The van der Waals surface area contributed by atoms with Gasteiger partial charge in [-0.3, -0.25) is 0 Å². The highest BCUT2D eigenvalue weighted by Crippen LogP contribution is 2.22. The van der Waals surface area contributed by atoms with Gasteiger partial charge < -0.3 is 0 Å². The normalized spacial score (nSPS) is 13.5. The van der Waals surface area contributed by atoms with Gasteiger partial charge in [0.1, 0.15) is 0 Å². The van der Waals surface area contributed by atoms with Gasteiger partial charge in [0.15, 0.2) is 0 Å². The van der Waals surface area contributed by atoms with Crippen molar-refractivity contribution in [2.75, 3.05) is 20.6 Å². The Labute approximate surface area is 115 Å². The third-order valence-electron chi connectivity index (χ3n) is 3.12. The first-order valence-corrected chi connectivity index (χ1v) is 7.42. The number of rotatable bonds is 6. The molecule has 0 saturated heterocycles. The van der Waals surface area contributed by atoms with Crippen LogP contribution in [0.3, 0.4) is 0 Å². The lowest BCUT2D eigenvalue weighted by Crippen LogP contribution is -2.41. The number of nitriles is 1. The minimum atomic E-state index is -3.54. The first kappa shape index (κ1) is 15.6. The molecule has 104 valence electrons. The van der Waals surface area contributed by atoms with Crippen molar-refractivity contribution in [3.8, 4) is 6.07 Å². The van der Waals surface area contributed by atoms with Gasteiger partial charge in [0, 0.05) is 33.1 Å². The monoisotopic (exact) mass is 281 g/mol. The highest BCUT2D eigenvalue weighted by Gasteiger charge is 2.27. The Morgan fingerprint density at radius 2 is 1.84 bits per heavy atom. The van der Waals surface area contributed by atoms with Crippen molar-refractivity contribution in [3.05, 3.63) is 35.9 Å². The van der Waals surface area contributed by atoms with Crippen molar-refractivity contribution in [2.45, 2.75) is 19.4 Å². The Kier molecular flexibility index (Phi) is 5.48. The SMILES string of the molecule is CC(c1ccccc1)N(C)S(=O)(=O)N(C)CCC#N. The van der Waals surface area contributed by atoms with E-state index < -0.39 is 10.2 Å². The molecular weight excluding hydrogens is 262 g/mol. The predicted octanol–water partition coefficient (Wildman–Crippen LogP) is 1.77. The van der Waals surface area contributed by atoms with Crippen LogP contribution in [-0.4, -0.2) is 37.7 Å². The van der Waals surface area contributed by atoms with Crippen LogP contribution in [0.1, 0.15) is 24.9 Å². The van der Waals surface area contributed by atoms with Gasteiger partial charge in [-0.25, -0.2) is 0 Å². The van der Waals surface area contributed by atoms with Crippen LogP contribution in [-0.2, 0) is 10.2 Å². The van der Waals surface area contributed by atoms with Gasteiger partial charge in [0.2, 0.25) is 0 Å². The molecule has 0 amide bonds. The summed E-state index contributed by atoms with van der Waals surface area (Å²) < 4.78 is 27.1. The molecule has 0 fully saturated rings. The molecule has 0 aliphatic carbocycles. The lowest BCUT2D eigenvalue weighted by molar-refractivity contribution is 0.351. The maximum absolute atomic E-state index is 12.3. The molecule has 0 spiro atoms. The summed E-state index contributed by atoms with van der Waals surface area (Å²) in [6, 6.07) is 11.1. The number of benzene rings is 1. The highest BCUT2D eigenvalue weighted by atomic mass is 32.2. The van der Waals surface area contributed by atoms with Crippen LogP contribution in [0, 0.1) is 11.3 Å². The maximum Gasteiger partial charge on any atom is 0.282 e. The average Bonchev–Trinajstić information content (AvgIpc) is 2.43. The van der Waals surface area contributed by atoms with E-state index in [1.165, 1.54) is 15.7 Å². The topological polar surface area (TPSA) is 64.4 Å². The molecule has 0 N–H and O–H groups in total. The quantitative estimate of drug-likeness (QED) is 0.798. The van der Waals surface area contributed by atoms with E-state index in [9.17, 15) is 8.42 Å². The molecule has 0 aliphatic rings. The molecule has 0 heterocycles. The minimum Gasteiger partial charge on any atom is -0.198 e. The molecular formula is C13H19N3O2S. The zero-order chi connectivity index (χ0) is 14.5. The minimum absolute atomic E-state index is 0.184. The molecule has 5 nitrogen and oxygen atoms in total. The van der Waals surface area contributed by atoms with E-state index in [-0.39, 0.29) is 19.0 Å². The lowest BCUT2D eigenvalue weighted by Gasteiger charge is -2.28. The summed E-state index contributed by atoms with van der Waals surface area (Å²) in [5.74, 6) is 0. The molecule has 1 rings (SSSR count). The van der Waals surface area contributed by atoms with Crippen molar-refractivity contribution < 1.29 is 8.42 Å². The molecule has 1 unspecified atom stereocenters. The summed E-state index contributed by atoms with van der Waals surface area (Å²) in [4.78, 5) is 0. The van der Waals surface area contributed by atoms with Gasteiger partial charge in [0.05, 0.1) is 6.07 Å². The second-order valence-electron chi connectivity index (χ2n) is 4.34. The van der Waals surface area contributed by atoms with E-state index in [4.69, 9.17) is 5.26 Å². The molecule has 1 aromatic rings. The van der Waals surface area contributed by atoms with Gasteiger partial charge in [-0.15, -0.1) is 0 Å². The third-order valence-corrected chi connectivity index (χ3v) is 5.14. The van der Waals surface area contributed by atoms with Gasteiger partial charge in [0.25, 0.3) is 10.2 Å². The van der Waals surface area contributed by atoms with E-state index >= 15 is 0 Å². The fourth-order valence-electron chi connectivity index (χ4n) is 1.68. The largest absolute Gasteiger partial charge is 0.282 e. The van der Waals surface area contributed by atoms with Gasteiger partial charge >= 0.3 is 0 Å². The summed E-state index contributed by atoms with van der Waals surface area (Å²) in [7, 11) is -0.505. The standard InChI is InChI=1S/C13H19N3O2S/c1-12(13-8-5-4-6-9-13)16(3)19(17,18)15(2)11-7-10-14/h4-6,8-9,12H,7,11H2,1-3H3. The second kappa shape index (κ2) is 6.66. The Bertz CT molecular complexity index is 537.